The van der Waals surface area contributed by atoms with E-state index in [1.165, 1.54) is 12.1 Å². The van der Waals surface area contributed by atoms with Crippen LogP contribution in [0.15, 0.2) is 18.2 Å². The molecule has 0 amide bonds. The van der Waals surface area contributed by atoms with Crippen molar-refractivity contribution in [3.05, 3.63) is 34.9 Å². The third-order valence-corrected chi connectivity index (χ3v) is 2.58. The zero-order chi connectivity index (χ0) is 14.6. The lowest BCUT2D eigenvalue weighted by Gasteiger charge is -2.16. The van der Waals surface area contributed by atoms with Crippen molar-refractivity contribution in [1.29, 1.82) is 0 Å². The van der Waals surface area contributed by atoms with Crippen LogP contribution in [0.1, 0.15) is 35.6 Å². The predicted octanol–water partition coefficient (Wildman–Crippen LogP) is 1.76. The van der Waals surface area contributed by atoms with Crippen LogP contribution >= 0.6 is 0 Å². The van der Waals surface area contributed by atoms with E-state index in [4.69, 9.17) is 10.2 Å². The highest BCUT2D eigenvalue weighted by Crippen LogP contribution is 2.31. The standard InChI is InChI=1S/C12H12F2O5/c13-11(14)7-3-1-2-6(4-5-8(15)16)9(7)10(17)12(18)19/h1-3,10-11,17H,4-5H2,(H,15,16)(H,18,19). The molecule has 19 heavy (non-hydrogen) atoms. The first kappa shape index (κ1) is 15.0. The number of alkyl halides is 2. The Hall–Kier alpha value is -2.02. The van der Waals surface area contributed by atoms with Gasteiger partial charge in [-0.1, -0.05) is 18.2 Å². The minimum absolute atomic E-state index is 0.0927. The molecule has 0 aliphatic rings. The zero-order valence-corrected chi connectivity index (χ0v) is 9.72. The average molecular weight is 274 g/mol. The molecule has 1 atom stereocenters. The van der Waals surface area contributed by atoms with Crippen molar-refractivity contribution in [3.63, 3.8) is 0 Å². The summed E-state index contributed by atoms with van der Waals surface area (Å²) in [6.07, 6.45) is -5.52. The highest BCUT2D eigenvalue weighted by molar-refractivity contribution is 5.75. The Labute approximate surface area is 107 Å². The number of rotatable bonds is 6. The number of carbonyl (C=O) groups is 2. The van der Waals surface area contributed by atoms with Gasteiger partial charge in [-0.2, -0.15) is 0 Å². The summed E-state index contributed by atoms with van der Waals surface area (Å²) >= 11 is 0. The summed E-state index contributed by atoms with van der Waals surface area (Å²) in [5.41, 5.74) is -0.931. The van der Waals surface area contributed by atoms with Crippen LogP contribution in [0, 0.1) is 0 Å². The molecule has 0 saturated carbocycles. The van der Waals surface area contributed by atoms with Crippen molar-refractivity contribution in [1.82, 2.24) is 0 Å². The first-order chi connectivity index (χ1) is 8.84. The second-order valence-electron chi connectivity index (χ2n) is 3.86. The average Bonchev–Trinajstić information content (AvgIpc) is 2.34. The number of carboxylic acids is 2. The van der Waals surface area contributed by atoms with E-state index in [-0.39, 0.29) is 18.4 Å². The maximum atomic E-state index is 12.8. The Morgan fingerprint density at radius 1 is 1.21 bits per heavy atom. The van der Waals surface area contributed by atoms with E-state index >= 15 is 0 Å². The number of aliphatic hydroxyl groups excluding tert-OH is 1. The number of hydrogen-bond donors (Lipinski definition) is 3. The predicted molar refractivity (Wildman–Crippen MR) is 60.0 cm³/mol. The highest BCUT2D eigenvalue weighted by Gasteiger charge is 2.26. The maximum absolute atomic E-state index is 12.8. The van der Waals surface area contributed by atoms with Crippen molar-refractivity contribution in [2.75, 3.05) is 0 Å². The molecule has 1 rings (SSSR count). The number of carboxylic acid groups (broad SMARTS) is 2. The fourth-order valence-electron chi connectivity index (χ4n) is 1.74. The van der Waals surface area contributed by atoms with Crippen LogP contribution in [0.2, 0.25) is 0 Å². The monoisotopic (exact) mass is 274 g/mol. The Kier molecular flexibility index (Phi) is 4.94. The summed E-state index contributed by atoms with van der Waals surface area (Å²) in [5, 5.41) is 26.8. The van der Waals surface area contributed by atoms with Gasteiger partial charge in [0, 0.05) is 17.5 Å². The van der Waals surface area contributed by atoms with E-state index in [1.807, 2.05) is 0 Å². The molecule has 0 radical (unpaired) electrons. The van der Waals surface area contributed by atoms with Gasteiger partial charge in [0.2, 0.25) is 0 Å². The van der Waals surface area contributed by atoms with E-state index in [9.17, 15) is 23.5 Å². The normalized spacial score (nSPS) is 12.4. The van der Waals surface area contributed by atoms with Gasteiger partial charge in [0.05, 0.1) is 0 Å². The van der Waals surface area contributed by atoms with Gasteiger partial charge >= 0.3 is 11.9 Å². The lowest BCUT2D eigenvalue weighted by Crippen LogP contribution is -2.16. The van der Waals surface area contributed by atoms with Crippen LogP contribution in [0.25, 0.3) is 0 Å². The summed E-state index contributed by atoms with van der Waals surface area (Å²) in [7, 11) is 0. The van der Waals surface area contributed by atoms with Crippen molar-refractivity contribution < 1.29 is 33.7 Å². The fraction of sp³-hybridized carbons (Fsp3) is 0.333. The SMILES string of the molecule is O=C(O)CCc1cccc(C(F)F)c1C(O)C(=O)O. The molecular weight excluding hydrogens is 262 g/mol. The largest absolute Gasteiger partial charge is 0.481 e. The van der Waals surface area contributed by atoms with Gasteiger partial charge in [0.15, 0.2) is 6.10 Å². The Balaban J connectivity index is 3.25. The van der Waals surface area contributed by atoms with E-state index < -0.39 is 35.6 Å². The molecule has 0 aliphatic carbocycles. The molecule has 0 aliphatic heterocycles. The first-order valence-electron chi connectivity index (χ1n) is 5.37. The van der Waals surface area contributed by atoms with E-state index in [2.05, 4.69) is 0 Å². The molecule has 0 fully saturated rings. The Morgan fingerprint density at radius 3 is 2.32 bits per heavy atom. The van der Waals surface area contributed by atoms with E-state index in [0.717, 1.165) is 6.07 Å². The van der Waals surface area contributed by atoms with E-state index in [1.54, 1.807) is 0 Å². The highest BCUT2D eigenvalue weighted by atomic mass is 19.3. The summed E-state index contributed by atoms with van der Waals surface area (Å²) < 4.78 is 25.6. The number of aryl methyl sites for hydroxylation is 1. The van der Waals surface area contributed by atoms with Crippen LogP contribution in [-0.4, -0.2) is 27.3 Å². The minimum Gasteiger partial charge on any atom is -0.481 e. The van der Waals surface area contributed by atoms with Gasteiger partial charge in [-0.3, -0.25) is 4.79 Å². The molecule has 0 saturated heterocycles. The topological polar surface area (TPSA) is 94.8 Å². The number of aliphatic hydroxyl groups is 1. The molecule has 0 bridgehead atoms. The second-order valence-corrected chi connectivity index (χ2v) is 3.86. The number of aliphatic carboxylic acids is 2. The van der Waals surface area contributed by atoms with Crippen molar-refractivity contribution in [2.45, 2.75) is 25.4 Å². The minimum atomic E-state index is -2.95. The molecule has 7 heteroatoms. The van der Waals surface area contributed by atoms with E-state index in [0.29, 0.717) is 0 Å². The lowest BCUT2D eigenvalue weighted by atomic mass is 9.93. The zero-order valence-electron chi connectivity index (χ0n) is 9.72. The lowest BCUT2D eigenvalue weighted by molar-refractivity contribution is -0.147. The molecule has 3 N–H and O–H groups in total. The molecule has 1 aromatic carbocycles. The van der Waals surface area contributed by atoms with Gasteiger partial charge in [-0.25, -0.2) is 13.6 Å². The first-order valence-corrected chi connectivity index (χ1v) is 5.37. The molecule has 104 valence electrons. The number of hydrogen-bond acceptors (Lipinski definition) is 3. The molecule has 0 spiro atoms. The molecule has 0 heterocycles. The van der Waals surface area contributed by atoms with Crippen LogP contribution < -0.4 is 0 Å². The van der Waals surface area contributed by atoms with Gasteiger partial charge in [0.1, 0.15) is 0 Å². The number of benzene rings is 1. The van der Waals surface area contributed by atoms with Gasteiger partial charge < -0.3 is 15.3 Å². The van der Waals surface area contributed by atoms with Gasteiger partial charge in [0.25, 0.3) is 6.43 Å². The molecule has 0 aromatic heterocycles. The third-order valence-electron chi connectivity index (χ3n) is 2.58. The third kappa shape index (κ3) is 3.72. The smallest absolute Gasteiger partial charge is 0.337 e. The van der Waals surface area contributed by atoms with Gasteiger partial charge in [-0.05, 0) is 12.0 Å². The van der Waals surface area contributed by atoms with Crippen LogP contribution in [0.4, 0.5) is 8.78 Å². The van der Waals surface area contributed by atoms with Crippen LogP contribution in [0.3, 0.4) is 0 Å². The van der Waals surface area contributed by atoms with Crippen molar-refractivity contribution >= 4 is 11.9 Å². The quantitative estimate of drug-likeness (QED) is 0.734. The summed E-state index contributed by atoms with van der Waals surface area (Å²) in [6, 6.07) is 3.61. The number of halogens is 2. The summed E-state index contributed by atoms with van der Waals surface area (Å²) in [4.78, 5) is 21.2. The molecular formula is C12H12F2O5. The molecule has 1 unspecified atom stereocenters. The Bertz CT molecular complexity index is 487. The van der Waals surface area contributed by atoms with Crippen molar-refractivity contribution in [2.24, 2.45) is 0 Å². The van der Waals surface area contributed by atoms with Crippen molar-refractivity contribution in [3.8, 4) is 0 Å². The second kappa shape index (κ2) is 6.24. The maximum Gasteiger partial charge on any atom is 0.337 e. The Morgan fingerprint density at radius 2 is 1.84 bits per heavy atom. The summed E-state index contributed by atoms with van der Waals surface area (Å²) in [5.74, 6) is -2.80. The summed E-state index contributed by atoms with van der Waals surface area (Å²) in [6.45, 7) is 0. The fourth-order valence-corrected chi connectivity index (χ4v) is 1.74. The molecule has 5 nitrogen and oxygen atoms in total. The van der Waals surface area contributed by atoms with Crippen LogP contribution in [-0.2, 0) is 16.0 Å². The van der Waals surface area contributed by atoms with Gasteiger partial charge in [-0.15, -0.1) is 0 Å². The van der Waals surface area contributed by atoms with Crippen LogP contribution in [0.5, 0.6) is 0 Å². The molecule has 1 aromatic rings.